The van der Waals surface area contributed by atoms with Crippen molar-refractivity contribution in [2.24, 2.45) is 0 Å². The van der Waals surface area contributed by atoms with Crippen LogP contribution in [-0.2, 0) is 38.5 Å². The van der Waals surface area contributed by atoms with Crippen LogP contribution in [0.3, 0.4) is 0 Å². The first-order valence-electron chi connectivity index (χ1n) is 35.6. The smallest absolute Gasteiger partial charge is 0.169 e. The molecule has 0 saturated heterocycles. The monoisotopic (exact) mass is 1250 g/mol. The third kappa shape index (κ3) is 8.39. The lowest BCUT2D eigenvalue weighted by molar-refractivity contribution is 0.362. The third-order valence-electron chi connectivity index (χ3n) is 22.1. The van der Waals surface area contributed by atoms with E-state index in [0.717, 1.165) is 143 Å². The molecule has 0 aliphatic carbocycles. The summed E-state index contributed by atoms with van der Waals surface area (Å²) in [6.45, 7) is 14.0. The molecule has 0 aliphatic heterocycles. The second kappa shape index (κ2) is 23.5. The molecule has 4 nitrogen and oxygen atoms in total. The van der Waals surface area contributed by atoms with Crippen molar-refractivity contribution in [1.29, 1.82) is 0 Å². The molecule has 0 aromatic heterocycles. The van der Waals surface area contributed by atoms with Gasteiger partial charge in [-0.1, -0.05) is 201 Å². The van der Waals surface area contributed by atoms with E-state index in [0.29, 0.717) is 0 Å². The Hall–Kier alpha value is -9.90. The number of hydrogen-bond donors (Lipinski definition) is 0. The summed E-state index contributed by atoms with van der Waals surface area (Å²) in [5.41, 5.74) is 8.49. The van der Waals surface area contributed by atoms with Gasteiger partial charge < -0.3 is 18.9 Å². The largest absolute Gasteiger partial charge is 0.492 e. The molecule has 17 aromatic rings. The fourth-order valence-electron chi connectivity index (χ4n) is 18.5. The molecule has 0 atom stereocenters. The fourth-order valence-corrected chi connectivity index (χ4v) is 18.5. The summed E-state index contributed by atoms with van der Waals surface area (Å²) in [4.78, 5) is 0. The van der Waals surface area contributed by atoms with Crippen LogP contribution in [0.1, 0.15) is 113 Å². The van der Waals surface area contributed by atoms with E-state index in [1.807, 2.05) is 28.4 Å². The zero-order valence-corrected chi connectivity index (χ0v) is 57.3. The van der Waals surface area contributed by atoms with Crippen molar-refractivity contribution in [1.82, 2.24) is 0 Å². The lowest BCUT2D eigenvalue weighted by atomic mass is 9.80. The van der Waals surface area contributed by atoms with Crippen molar-refractivity contribution < 1.29 is 18.9 Å². The van der Waals surface area contributed by atoms with E-state index in [1.54, 1.807) is 0 Å². The minimum absolute atomic E-state index is 0.752. The predicted octanol–water partition coefficient (Wildman–Crippen LogP) is 25.9. The molecule has 96 heavy (non-hydrogen) atoms. The zero-order chi connectivity index (χ0) is 65.4. The highest BCUT2D eigenvalue weighted by atomic mass is 16.5. The number of rotatable bonds is 16. The van der Waals surface area contributed by atoms with Gasteiger partial charge in [-0.25, -0.2) is 0 Å². The number of fused-ring (bicyclic) bond motifs is 27. The molecule has 0 fully saturated rings. The first-order chi connectivity index (χ1) is 47.3. The standard InChI is InChI=1S/C92H82O4/c1-11-27-59-51-33-17-19-35-53(51)61(29-13-3)85-75-47-79-71(43-67(75)57-39-23-25-41-65(57)83(59)85)73-45-69-70-46-74-72-44-68-58-40-24-26-42-66(58)84-60(28-12-2)52-34-18-20-36-54(52)62(30-14-4)86(84)76(68)48-80(72)90(94-8)92(96-10)82(74)50-78(70)88-64(32-16-6)56-38-22-21-37-55(56)63(31-15-5)87(88)77(69)49-81(73)91(95-9)89(79)93-7/h17-26,33-50H,11-16,27-32H2,1-10H3. The Balaban J connectivity index is 1.10. The van der Waals surface area contributed by atoms with Crippen molar-refractivity contribution in [2.75, 3.05) is 28.4 Å². The summed E-state index contributed by atoms with van der Waals surface area (Å²) < 4.78 is 27.2. The summed E-state index contributed by atoms with van der Waals surface area (Å²) in [5.74, 6) is 3.02. The number of ether oxygens (including phenoxy) is 4. The fraction of sp³-hybridized carbons (Fsp3) is 0.239. The zero-order valence-electron chi connectivity index (χ0n) is 57.3. The molecule has 0 heterocycles. The van der Waals surface area contributed by atoms with Gasteiger partial charge in [0.05, 0.1) is 28.4 Å². The van der Waals surface area contributed by atoms with E-state index in [2.05, 4.69) is 211 Å². The van der Waals surface area contributed by atoms with Gasteiger partial charge in [-0.05, 0) is 271 Å². The molecule has 0 bridgehead atoms. The first kappa shape index (κ1) is 59.8. The molecule has 0 amide bonds. The maximum Gasteiger partial charge on any atom is 0.169 e. The molecule has 0 unspecified atom stereocenters. The Bertz CT molecular complexity index is 5830. The maximum absolute atomic E-state index is 6.81. The van der Waals surface area contributed by atoms with Crippen LogP contribution in [-0.4, -0.2) is 28.4 Å². The summed E-state index contributed by atoms with van der Waals surface area (Å²) in [7, 11) is 7.33. The Morgan fingerprint density at radius 1 is 0.177 bits per heavy atom. The van der Waals surface area contributed by atoms with Crippen LogP contribution in [0.25, 0.3) is 172 Å². The van der Waals surface area contributed by atoms with Crippen LogP contribution in [0.5, 0.6) is 23.0 Å². The van der Waals surface area contributed by atoms with Gasteiger partial charge in [0.2, 0.25) is 0 Å². The Labute approximate surface area is 561 Å². The van der Waals surface area contributed by atoms with Gasteiger partial charge >= 0.3 is 0 Å². The van der Waals surface area contributed by atoms with Gasteiger partial charge in [-0.15, -0.1) is 0 Å². The normalized spacial score (nSPS) is 12.4. The SMILES string of the molecule is CCCc1c2ccccc2c(CCC)c2c3cc4c(OC)c(OC)c5cc6c(cc5c4cc3c3ccccc3c12)c1cc2c(cc1c1c(CCC)c3ccccc3c(CCC)c61)c(OC)c(OC)c1cc3c(cc12)c1ccccc1c1c(CCC)c2ccccc2c(CCC)c31. The molecule has 0 spiro atoms. The first-order valence-corrected chi connectivity index (χ1v) is 35.6. The third-order valence-corrected chi connectivity index (χ3v) is 22.1. The number of benzene rings is 17. The van der Waals surface area contributed by atoms with Crippen LogP contribution in [0.2, 0.25) is 0 Å². The Kier molecular flexibility index (Phi) is 14.6. The molecule has 0 saturated carbocycles. The van der Waals surface area contributed by atoms with Crippen LogP contribution >= 0.6 is 0 Å². The second-order valence-electron chi connectivity index (χ2n) is 27.3. The van der Waals surface area contributed by atoms with Gasteiger partial charge in [-0.2, -0.15) is 0 Å². The molecular weight excluding hydrogens is 1170 g/mol. The highest BCUT2D eigenvalue weighted by Gasteiger charge is 2.29. The van der Waals surface area contributed by atoms with E-state index < -0.39 is 0 Å². The minimum atomic E-state index is 0.752. The lowest BCUT2D eigenvalue weighted by Crippen LogP contribution is -2.00. The van der Waals surface area contributed by atoms with Crippen LogP contribution in [0, 0.1) is 0 Å². The molecular formula is C92H82O4. The Morgan fingerprint density at radius 2 is 0.333 bits per heavy atom. The molecule has 0 radical (unpaired) electrons. The molecule has 0 aliphatic rings. The summed E-state index contributed by atoms with van der Waals surface area (Å²) in [6.07, 6.45) is 11.9. The van der Waals surface area contributed by atoms with Crippen molar-refractivity contribution >= 4 is 172 Å². The van der Waals surface area contributed by atoms with E-state index in [1.165, 1.54) is 163 Å². The quantitative estimate of drug-likeness (QED) is 0.0714. The number of methoxy groups -OCH3 is 4. The van der Waals surface area contributed by atoms with Gasteiger partial charge in [0.15, 0.2) is 23.0 Å². The van der Waals surface area contributed by atoms with Gasteiger partial charge in [0.25, 0.3) is 0 Å². The molecule has 17 rings (SSSR count). The van der Waals surface area contributed by atoms with Gasteiger partial charge in [-0.3, -0.25) is 0 Å². The van der Waals surface area contributed by atoms with Gasteiger partial charge in [0, 0.05) is 21.5 Å². The second-order valence-corrected chi connectivity index (χ2v) is 27.3. The lowest BCUT2D eigenvalue weighted by Gasteiger charge is -2.24. The van der Waals surface area contributed by atoms with Crippen LogP contribution < -0.4 is 18.9 Å². The topological polar surface area (TPSA) is 36.9 Å². The molecule has 474 valence electrons. The average Bonchev–Trinajstić information content (AvgIpc) is 0.709. The maximum atomic E-state index is 6.81. The summed E-state index contributed by atoms with van der Waals surface area (Å²) in [5, 5.41) is 40.0. The van der Waals surface area contributed by atoms with Crippen molar-refractivity contribution in [2.45, 2.75) is 119 Å². The molecule has 0 N–H and O–H groups in total. The van der Waals surface area contributed by atoms with Gasteiger partial charge in [0.1, 0.15) is 0 Å². The van der Waals surface area contributed by atoms with Crippen LogP contribution in [0.15, 0.2) is 170 Å². The van der Waals surface area contributed by atoms with E-state index >= 15 is 0 Å². The average molecular weight is 1250 g/mol. The van der Waals surface area contributed by atoms with E-state index in [-0.39, 0.29) is 0 Å². The minimum Gasteiger partial charge on any atom is -0.492 e. The molecule has 4 heteroatoms. The van der Waals surface area contributed by atoms with E-state index in [4.69, 9.17) is 18.9 Å². The van der Waals surface area contributed by atoms with Crippen LogP contribution in [0.4, 0.5) is 0 Å². The highest BCUT2D eigenvalue weighted by molar-refractivity contribution is 6.39. The van der Waals surface area contributed by atoms with E-state index in [9.17, 15) is 0 Å². The predicted molar refractivity (Wildman–Crippen MR) is 417 cm³/mol. The van der Waals surface area contributed by atoms with Crippen molar-refractivity contribution in [3.8, 4) is 23.0 Å². The van der Waals surface area contributed by atoms with Crippen molar-refractivity contribution in [3.63, 3.8) is 0 Å². The van der Waals surface area contributed by atoms with Crippen molar-refractivity contribution in [3.05, 3.63) is 203 Å². The number of aryl methyl sites for hydroxylation is 6. The Morgan fingerprint density at radius 3 is 0.531 bits per heavy atom. The number of hydrogen-bond acceptors (Lipinski definition) is 4. The summed E-state index contributed by atoms with van der Waals surface area (Å²) >= 11 is 0. The summed E-state index contributed by atoms with van der Waals surface area (Å²) in [6, 6.07) is 66.1. The molecule has 17 aromatic carbocycles. The highest BCUT2D eigenvalue weighted by Crippen LogP contribution is 2.56.